The molecule has 5 nitrogen and oxygen atoms in total. The number of benzene rings is 16. The molecule has 432 valence electrons. The second-order valence-electron chi connectivity index (χ2n) is 24.6. The van der Waals surface area contributed by atoms with E-state index in [0.29, 0.717) is 0 Å². The third kappa shape index (κ3) is 7.44. The molecule has 0 aliphatic heterocycles. The van der Waals surface area contributed by atoms with Crippen molar-refractivity contribution in [1.29, 1.82) is 0 Å². The lowest BCUT2D eigenvalue weighted by Crippen LogP contribution is -1.96. The van der Waals surface area contributed by atoms with Crippen LogP contribution in [-0.4, -0.2) is 18.3 Å². The maximum Gasteiger partial charge on any atom is 0.137 e. The standard InChI is InChI=1S/C44H26N2O.C44H28N2/c1-2-13-28(14-3-1)45-36-20-10-8-19-35(36)42-43(45)34-18-7-6-17-33(34)41-40-30-15-5-4-12-27(30)22-25-37(40)46(44(41)42)29-23-24-32-31-16-9-11-21-38(31)47-39(32)26-29;1-3-13-29(14-4-1)30-23-26-33(27-24-30)46-39-28-25-31-15-7-8-18-34(31)40(39)41-35-19-9-10-20-36(35)43-42(44(41)46)37-21-11-12-22-38(37)45(43)32-16-5-2-6-17-32/h1-26H;1-28H. The highest BCUT2D eigenvalue weighted by atomic mass is 16.3. The average Bonchev–Trinajstić information content (AvgIpc) is 1.54. The van der Waals surface area contributed by atoms with Crippen molar-refractivity contribution < 1.29 is 4.42 Å². The molecule has 0 aliphatic carbocycles. The van der Waals surface area contributed by atoms with Crippen LogP contribution >= 0.6 is 0 Å². The molecule has 21 aromatic rings. The van der Waals surface area contributed by atoms with Crippen molar-refractivity contribution >= 4 is 152 Å². The molecule has 5 aromatic heterocycles. The molecular weight excluding hydrogens is 1130 g/mol. The van der Waals surface area contributed by atoms with Gasteiger partial charge >= 0.3 is 0 Å². The lowest BCUT2D eigenvalue weighted by molar-refractivity contribution is 0.668. The van der Waals surface area contributed by atoms with Crippen LogP contribution in [0.2, 0.25) is 0 Å². The smallest absolute Gasteiger partial charge is 0.137 e. The zero-order valence-corrected chi connectivity index (χ0v) is 50.4. The van der Waals surface area contributed by atoms with E-state index in [9.17, 15) is 0 Å². The third-order valence-corrected chi connectivity index (χ3v) is 19.7. The summed E-state index contributed by atoms with van der Waals surface area (Å²) >= 11 is 0. The molecule has 0 spiro atoms. The molecule has 21 rings (SSSR count). The van der Waals surface area contributed by atoms with Crippen molar-refractivity contribution in [3.63, 3.8) is 0 Å². The van der Waals surface area contributed by atoms with Crippen LogP contribution in [-0.2, 0) is 0 Å². The number of aromatic nitrogens is 4. The zero-order chi connectivity index (χ0) is 60.8. The Bertz CT molecular complexity index is 6640. The zero-order valence-electron chi connectivity index (χ0n) is 50.4. The van der Waals surface area contributed by atoms with Crippen molar-refractivity contribution in [1.82, 2.24) is 18.3 Å². The summed E-state index contributed by atoms with van der Waals surface area (Å²) < 4.78 is 16.4. The molecule has 0 bridgehead atoms. The number of nitrogens with zero attached hydrogens (tertiary/aromatic N) is 4. The quantitative estimate of drug-likeness (QED) is 0.169. The van der Waals surface area contributed by atoms with E-state index in [-0.39, 0.29) is 0 Å². The SMILES string of the molecule is c1ccc(-c2ccc(-n3c4ccc5ccccc5c4c4c5ccccc5c5c(c6ccccc6n5-c5ccccc5)c43)cc2)cc1.c1ccc(-n2c3ccccc3c3c2c2ccccc2c2c4c5ccccc5ccc4n(-c4ccc5c(c4)oc4ccccc45)c23)cc1. The van der Waals surface area contributed by atoms with E-state index in [2.05, 4.69) is 340 Å². The molecule has 0 aliphatic rings. The van der Waals surface area contributed by atoms with Gasteiger partial charge in [-0.2, -0.15) is 0 Å². The predicted octanol–water partition coefficient (Wildman–Crippen LogP) is 23.9. The van der Waals surface area contributed by atoms with Gasteiger partial charge in [-0.25, -0.2) is 0 Å². The van der Waals surface area contributed by atoms with Crippen molar-refractivity contribution in [3.05, 3.63) is 328 Å². The number of fused-ring (bicyclic) bond motifs is 27. The van der Waals surface area contributed by atoms with Crippen molar-refractivity contribution in [3.8, 4) is 33.9 Å². The number of hydrogen-bond acceptors (Lipinski definition) is 1. The minimum atomic E-state index is 0.892. The first-order chi connectivity index (χ1) is 46.2. The number of rotatable bonds is 5. The van der Waals surface area contributed by atoms with Crippen LogP contribution in [0.1, 0.15) is 0 Å². The van der Waals surface area contributed by atoms with Gasteiger partial charge in [-0.1, -0.05) is 243 Å². The lowest BCUT2D eigenvalue weighted by Gasteiger charge is -2.13. The van der Waals surface area contributed by atoms with Gasteiger partial charge in [0.2, 0.25) is 0 Å². The van der Waals surface area contributed by atoms with E-state index < -0.39 is 0 Å². The highest BCUT2D eigenvalue weighted by Crippen LogP contribution is 2.51. The van der Waals surface area contributed by atoms with Gasteiger partial charge in [-0.3, -0.25) is 0 Å². The first-order valence-electron chi connectivity index (χ1n) is 32.0. The van der Waals surface area contributed by atoms with Crippen LogP contribution in [0.4, 0.5) is 0 Å². The van der Waals surface area contributed by atoms with Gasteiger partial charge < -0.3 is 22.7 Å². The molecule has 0 saturated carbocycles. The summed E-state index contributed by atoms with van der Waals surface area (Å²) in [6, 6.07) is 119. The summed E-state index contributed by atoms with van der Waals surface area (Å²) in [6.07, 6.45) is 0. The number of para-hydroxylation sites is 5. The van der Waals surface area contributed by atoms with Crippen LogP contribution in [0.25, 0.3) is 186 Å². The number of hydrogen-bond donors (Lipinski definition) is 0. The Hall–Kier alpha value is -12.4. The normalized spacial score (nSPS) is 12.1. The fraction of sp³-hybridized carbons (Fsp3) is 0. The molecule has 93 heavy (non-hydrogen) atoms. The summed E-state index contributed by atoms with van der Waals surface area (Å²) in [5.41, 5.74) is 18.5. The van der Waals surface area contributed by atoms with E-state index in [4.69, 9.17) is 4.42 Å². The third-order valence-electron chi connectivity index (χ3n) is 19.7. The van der Waals surface area contributed by atoms with Gasteiger partial charge in [0.15, 0.2) is 0 Å². The van der Waals surface area contributed by atoms with Gasteiger partial charge in [0.05, 0.1) is 44.1 Å². The van der Waals surface area contributed by atoms with Crippen LogP contribution in [0.3, 0.4) is 0 Å². The molecule has 16 aromatic carbocycles. The Labute approximate surface area is 533 Å². The molecular formula is C88H54N4O. The summed E-state index contributed by atoms with van der Waals surface area (Å²) in [7, 11) is 0. The van der Waals surface area contributed by atoms with Gasteiger partial charge in [0, 0.05) is 93.5 Å². The second-order valence-corrected chi connectivity index (χ2v) is 24.6. The highest BCUT2D eigenvalue weighted by Gasteiger charge is 2.28. The van der Waals surface area contributed by atoms with Crippen LogP contribution in [0.5, 0.6) is 0 Å². The van der Waals surface area contributed by atoms with Gasteiger partial charge in [-0.05, 0) is 122 Å². The highest BCUT2D eigenvalue weighted by molar-refractivity contribution is 6.41. The second kappa shape index (κ2) is 20.0. The Morgan fingerprint density at radius 3 is 1.08 bits per heavy atom. The summed E-state index contributed by atoms with van der Waals surface area (Å²) in [6.45, 7) is 0. The maximum atomic E-state index is 6.46. The molecule has 0 amide bonds. The van der Waals surface area contributed by atoms with E-state index in [1.54, 1.807) is 0 Å². The molecule has 0 radical (unpaired) electrons. The van der Waals surface area contributed by atoms with E-state index in [1.807, 2.05) is 6.07 Å². The van der Waals surface area contributed by atoms with Gasteiger partial charge in [0.1, 0.15) is 11.2 Å². The molecule has 0 unspecified atom stereocenters. The Kier molecular flexibility index (Phi) is 11.1. The summed E-state index contributed by atoms with van der Waals surface area (Å²) in [5, 5.41) is 22.5. The van der Waals surface area contributed by atoms with Crippen LogP contribution in [0.15, 0.2) is 332 Å². The minimum absolute atomic E-state index is 0.892. The van der Waals surface area contributed by atoms with E-state index in [0.717, 1.165) is 39.0 Å². The average molecular weight is 1180 g/mol. The fourth-order valence-electron chi connectivity index (χ4n) is 15.9. The molecule has 0 N–H and O–H groups in total. The monoisotopic (exact) mass is 1180 g/mol. The fourth-order valence-corrected chi connectivity index (χ4v) is 15.9. The van der Waals surface area contributed by atoms with Crippen molar-refractivity contribution in [2.45, 2.75) is 0 Å². The topological polar surface area (TPSA) is 32.9 Å². The van der Waals surface area contributed by atoms with Gasteiger partial charge in [0.25, 0.3) is 0 Å². The first-order valence-corrected chi connectivity index (χ1v) is 32.0. The van der Waals surface area contributed by atoms with E-state index in [1.165, 1.54) is 147 Å². The Morgan fingerprint density at radius 1 is 0.183 bits per heavy atom. The molecule has 5 heteroatoms. The lowest BCUT2D eigenvalue weighted by atomic mass is 9.97. The predicted molar refractivity (Wildman–Crippen MR) is 393 cm³/mol. The van der Waals surface area contributed by atoms with Crippen LogP contribution in [0, 0.1) is 0 Å². The molecule has 0 fully saturated rings. The molecule has 0 atom stereocenters. The van der Waals surface area contributed by atoms with Gasteiger partial charge in [-0.15, -0.1) is 0 Å². The largest absolute Gasteiger partial charge is 0.456 e. The van der Waals surface area contributed by atoms with Crippen molar-refractivity contribution in [2.24, 2.45) is 0 Å². The number of furan rings is 1. The van der Waals surface area contributed by atoms with E-state index >= 15 is 0 Å². The van der Waals surface area contributed by atoms with Crippen molar-refractivity contribution in [2.75, 3.05) is 0 Å². The molecule has 0 saturated heterocycles. The molecule has 5 heterocycles. The summed E-state index contributed by atoms with van der Waals surface area (Å²) in [4.78, 5) is 0. The first kappa shape index (κ1) is 51.4. The van der Waals surface area contributed by atoms with Crippen LogP contribution < -0.4 is 0 Å². The summed E-state index contributed by atoms with van der Waals surface area (Å²) in [5.74, 6) is 0. The minimum Gasteiger partial charge on any atom is -0.456 e. The maximum absolute atomic E-state index is 6.46. The Balaban J connectivity index is 0.000000128. The Morgan fingerprint density at radius 2 is 0.548 bits per heavy atom.